The lowest BCUT2D eigenvalue weighted by Crippen LogP contribution is -2.36. The van der Waals surface area contributed by atoms with Gasteiger partial charge >= 0.3 is 0 Å². The fourth-order valence-electron chi connectivity index (χ4n) is 2.62. The number of hydrogen-bond donors (Lipinski definition) is 2. The second-order valence-corrected chi connectivity index (χ2v) is 4.85. The Hall–Kier alpha value is -1.73. The molecule has 0 radical (unpaired) electrons. The molecule has 4 nitrogen and oxygen atoms in total. The van der Waals surface area contributed by atoms with Gasteiger partial charge in [-0.1, -0.05) is 0 Å². The van der Waals surface area contributed by atoms with Crippen LogP contribution in [-0.4, -0.2) is 24.8 Å². The van der Waals surface area contributed by atoms with Crippen LogP contribution in [0, 0.1) is 17.2 Å². The number of nitrogen functional groups attached to an aromatic ring is 1. The average molecular weight is 245 g/mol. The topological polar surface area (TPSA) is 73.3 Å². The Morgan fingerprint density at radius 1 is 1.50 bits per heavy atom. The van der Waals surface area contributed by atoms with Crippen molar-refractivity contribution in [1.29, 1.82) is 5.26 Å². The van der Waals surface area contributed by atoms with Gasteiger partial charge in [-0.3, -0.25) is 0 Å². The number of benzene rings is 1. The van der Waals surface area contributed by atoms with Crippen LogP contribution in [0.4, 0.5) is 11.4 Å². The summed E-state index contributed by atoms with van der Waals surface area (Å²) < 4.78 is 0. The molecule has 1 aliphatic heterocycles. The van der Waals surface area contributed by atoms with Gasteiger partial charge in [-0.15, -0.1) is 0 Å². The van der Waals surface area contributed by atoms with Crippen molar-refractivity contribution in [1.82, 2.24) is 0 Å². The van der Waals surface area contributed by atoms with Crippen LogP contribution in [0.3, 0.4) is 0 Å². The highest BCUT2D eigenvalue weighted by Crippen LogP contribution is 2.28. The number of nitrogens with two attached hydrogens (primary N) is 1. The van der Waals surface area contributed by atoms with Crippen molar-refractivity contribution < 1.29 is 5.11 Å². The molecule has 1 heterocycles. The van der Waals surface area contributed by atoms with E-state index in [1.807, 2.05) is 12.1 Å². The summed E-state index contributed by atoms with van der Waals surface area (Å²) >= 11 is 0. The molecule has 3 N–H and O–H groups in total. The maximum Gasteiger partial charge on any atom is 0.101 e. The van der Waals surface area contributed by atoms with Crippen LogP contribution in [0.5, 0.6) is 0 Å². The smallest absolute Gasteiger partial charge is 0.101 e. The van der Waals surface area contributed by atoms with E-state index >= 15 is 0 Å². The predicted molar refractivity (Wildman–Crippen MR) is 72.2 cm³/mol. The van der Waals surface area contributed by atoms with Gasteiger partial charge in [0, 0.05) is 25.4 Å². The summed E-state index contributed by atoms with van der Waals surface area (Å²) in [6, 6.07) is 7.70. The fraction of sp³-hybridized carbons (Fsp3) is 0.500. The van der Waals surface area contributed by atoms with Crippen LogP contribution in [0.2, 0.25) is 0 Å². The predicted octanol–water partition coefficient (Wildman–Crippen LogP) is 1.74. The number of aliphatic hydroxyl groups excluding tert-OH is 1. The third-order valence-corrected chi connectivity index (χ3v) is 3.54. The number of nitrogens with zero attached hydrogens (tertiary/aromatic N) is 2. The van der Waals surface area contributed by atoms with Gasteiger partial charge in [0.2, 0.25) is 0 Å². The van der Waals surface area contributed by atoms with E-state index in [4.69, 9.17) is 10.8 Å². The molecule has 1 fully saturated rings. The van der Waals surface area contributed by atoms with E-state index in [9.17, 15) is 5.26 Å². The zero-order chi connectivity index (χ0) is 13.0. The van der Waals surface area contributed by atoms with E-state index in [1.54, 1.807) is 6.07 Å². The van der Waals surface area contributed by atoms with Gasteiger partial charge in [0.15, 0.2) is 0 Å². The van der Waals surface area contributed by atoms with Gasteiger partial charge < -0.3 is 15.7 Å². The first-order valence-electron chi connectivity index (χ1n) is 6.40. The summed E-state index contributed by atoms with van der Waals surface area (Å²) in [7, 11) is 0. The second-order valence-electron chi connectivity index (χ2n) is 4.85. The van der Waals surface area contributed by atoms with Gasteiger partial charge in [0.25, 0.3) is 0 Å². The van der Waals surface area contributed by atoms with Crippen LogP contribution in [0.15, 0.2) is 18.2 Å². The molecule has 0 aromatic heterocycles. The van der Waals surface area contributed by atoms with Crippen LogP contribution in [-0.2, 0) is 0 Å². The van der Waals surface area contributed by atoms with Crippen LogP contribution >= 0.6 is 0 Å². The zero-order valence-electron chi connectivity index (χ0n) is 10.5. The first kappa shape index (κ1) is 12.7. The zero-order valence-corrected chi connectivity index (χ0v) is 10.5. The highest BCUT2D eigenvalue weighted by Gasteiger charge is 2.21. The molecule has 1 saturated heterocycles. The van der Waals surface area contributed by atoms with Crippen molar-refractivity contribution in [2.45, 2.75) is 19.3 Å². The van der Waals surface area contributed by atoms with Crippen molar-refractivity contribution in [2.24, 2.45) is 5.92 Å². The number of nitriles is 1. The van der Waals surface area contributed by atoms with Crippen LogP contribution in [0.25, 0.3) is 0 Å². The Morgan fingerprint density at radius 3 is 3.06 bits per heavy atom. The molecular formula is C14H19N3O. The van der Waals surface area contributed by atoms with Crippen molar-refractivity contribution in [2.75, 3.05) is 30.3 Å². The minimum atomic E-state index is 0.241. The lowest BCUT2D eigenvalue weighted by Gasteiger charge is -2.34. The van der Waals surface area contributed by atoms with Crippen LogP contribution < -0.4 is 10.6 Å². The molecule has 0 bridgehead atoms. The molecule has 96 valence electrons. The molecule has 1 aromatic rings. The Bertz CT molecular complexity index is 451. The Morgan fingerprint density at radius 2 is 2.33 bits per heavy atom. The molecule has 1 unspecified atom stereocenters. The van der Waals surface area contributed by atoms with Gasteiger partial charge in [-0.05, 0) is 43.4 Å². The second kappa shape index (κ2) is 5.74. The molecular weight excluding hydrogens is 226 g/mol. The van der Waals surface area contributed by atoms with E-state index in [0.717, 1.165) is 38.0 Å². The van der Waals surface area contributed by atoms with Gasteiger partial charge in [0.05, 0.1) is 11.3 Å². The van der Waals surface area contributed by atoms with Crippen molar-refractivity contribution >= 4 is 11.4 Å². The third-order valence-electron chi connectivity index (χ3n) is 3.54. The highest BCUT2D eigenvalue weighted by molar-refractivity contribution is 5.64. The molecule has 2 rings (SSSR count). The molecule has 0 aliphatic carbocycles. The summed E-state index contributed by atoms with van der Waals surface area (Å²) in [6.07, 6.45) is 3.11. The van der Waals surface area contributed by atoms with E-state index in [2.05, 4.69) is 11.0 Å². The summed E-state index contributed by atoms with van der Waals surface area (Å²) in [6.45, 7) is 2.13. The van der Waals surface area contributed by atoms with E-state index < -0.39 is 0 Å². The number of hydrogen-bond acceptors (Lipinski definition) is 4. The molecule has 0 spiro atoms. The summed E-state index contributed by atoms with van der Waals surface area (Å²) in [4.78, 5) is 2.24. The molecule has 1 aliphatic rings. The van der Waals surface area contributed by atoms with Crippen LogP contribution in [0.1, 0.15) is 24.8 Å². The first-order chi connectivity index (χ1) is 8.74. The molecule has 0 saturated carbocycles. The number of anilines is 2. The number of rotatable bonds is 3. The van der Waals surface area contributed by atoms with Crippen molar-refractivity contribution in [3.05, 3.63) is 23.8 Å². The molecule has 1 aromatic carbocycles. The van der Waals surface area contributed by atoms with Gasteiger partial charge in [-0.2, -0.15) is 5.26 Å². The third kappa shape index (κ3) is 2.74. The maximum atomic E-state index is 9.17. The molecule has 4 heteroatoms. The fourth-order valence-corrected chi connectivity index (χ4v) is 2.62. The Labute approximate surface area is 108 Å². The van der Waals surface area contributed by atoms with E-state index in [-0.39, 0.29) is 6.61 Å². The summed E-state index contributed by atoms with van der Waals surface area (Å²) in [5, 5.41) is 18.2. The largest absolute Gasteiger partial charge is 0.399 e. The average Bonchev–Trinajstić information content (AvgIpc) is 2.39. The monoisotopic (exact) mass is 245 g/mol. The van der Waals surface area contributed by atoms with Crippen molar-refractivity contribution in [3.8, 4) is 6.07 Å². The lowest BCUT2D eigenvalue weighted by molar-refractivity contribution is 0.244. The van der Waals surface area contributed by atoms with Gasteiger partial charge in [-0.25, -0.2) is 0 Å². The normalized spacial score (nSPS) is 19.6. The van der Waals surface area contributed by atoms with Gasteiger partial charge in [0.1, 0.15) is 6.07 Å². The molecule has 0 amide bonds. The molecule has 18 heavy (non-hydrogen) atoms. The van der Waals surface area contributed by atoms with E-state index in [0.29, 0.717) is 17.2 Å². The SMILES string of the molecule is N#Cc1cc(N)ccc1N1CCCC(CCO)C1. The first-order valence-corrected chi connectivity index (χ1v) is 6.40. The Kier molecular flexibility index (Phi) is 4.06. The van der Waals surface area contributed by atoms with E-state index in [1.165, 1.54) is 0 Å². The number of aliphatic hydroxyl groups is 1. The van der Waals surface area contributed by atoms with Crippen molar-refractivity contribution in [3.63, 3.8) is 0 Å². The Balaban J connectivity index is 2.18. The minimum Gasteiger partial charge on any atom is -0.399 e. The summed E-state index contributed by atoms with van der Waals surface area (Å²) in [5.74, 6) is 0.521. The lowest BCUT2D eigenvalue weighted by atomic mass is 9.94. The standard InChI is InChI=1S/C14H19N3O/c15-9-12-8-13(16)3-4-14(12)17-6-1-2-11(10-17)5-7-18/h3-4,8,11,18H,1-2,5-7,10,16H2. The summed E-state index contributed by atoms with van der Waals surface area (Å²) in [5.41, 5.74) is 7.93. The highest BCUT2D eigenvalue weighted by atomic mass is 16.3. The quantitative estimate of drug-likeness (QED) is 0.795. The molecule has 1 atom stereocenters. The number of piperidine rings is 1. The minimum absolute atomic E-state index is 0.241. The maximum absolute atomic E-state index is 9.17.